The number of hydrogen-bond donors (Lipinski definition) is 2. The van der Waals surface area contributed by atoms with Crippen LogP contribution in [0.5, 0.6) is 0 Å². The molecule has 1 aliphatic heterocycles. The van der Waals surface area contributed by atoms with E-state index in [1.807, 2.05) is 24.3 Å². The Labute approximate surface area is 205 Å². The molecule has 2 N–H and O–H groups in total. The number of rotatable bonds is 6. The van der Waals surface area contributed by atoms with Crippen LogP contribution in [-0.2, 0) is 35.5 Å². The van der Waals surface area contributed by atoms with E-state index < -0.39 is 17.2 Å². The Hall–Kier alpha value is -3.60. The second-order valence-electron chi connectivity index (χ2n) is 8.49. The molecule has 0 aliphatic carbocycles. The maximum absolute atomic E-state index is 11.7. The first-order valence-corrected chi connectivity index (χ1v) is 12.2. The van der Waals surface area contributed by atoms with Crippen molar-refractivity contribution in [2.75, 3.05) is 25.6 Å². The number of carbonyl (C=O) groups excluding carboxylic acids is 1. The molecule has 2 aromatic heterocycles. The number of benzene rings is 2. The van der Waals surface area contributed by atoms with Crippen LogP contribution in [-0.4, -0.2) is 54.7 Å². The normalized spacial score (nSPS) is 14.2. The lowest BCUT2D eigenvalue weighted by atomic mass is 9.99. The van der Waals surface area contributed by atoms with Crippen molar-refractivity contribution < 1.29 is 18.3 Å². The minimum absolute atomic E-state index is 0.323. The number of carbonyl (C=O) groups is 1. The van der Waals surface area contributed by atoms with Crippen LogP contribution in [0.2, 0.25) is 0 Å². The van der Waals surface area contributed by atoms with E-state index in [9.17, 15) is 13.6 Å². The van der Waals surface area contributed by atoms with E-state index in [1.165, 1.54) is 35.1 Å². The molecule has 0 saturated carbocycles. The number of fused-ring (bicyclic) bond motifs is 3. The molecule has 5 rings (SSSR count). The fraction of sp³-hybridized carbons (Fsp3) is 0.240. The van der Waals surface area contributed by atoms with E-state index in [0.29, 0.717) is 24.6 Å². The van der Waals surface area contributed by atoms with Gasteiger partial charge in [0.2, 0.25) is 17.2 Å². The molecule has 1 atom stereocenters. The summed E-state index contributed by atoms with van der Waals surface area (Å²) in [7, 11) is 2.94. The zero-order valence-corrected chi connectivity index (χ0v) is 20.2. The summed E-state index contributed by atoms with van der Waals surface area (Å²) >= 11 is -2.01. The molecule has 0 fully saturated rings. The molecule has 10 heteroatoms. The Balaban J connectivity index is 1.43. The van der Waals surface area contributed by atoms with Gasteiger partial charge in [0.25, 0.3) is 0 Å². The van der Waals surface area contributed by atoms with Crippen molar-refractivity contribution in [3.63, 3.8) is 0 Å². The van der Waals surface area contributed by atoms with Crippen LogP contribution >= 0.6 is 0 Å². The van der Waals surface area contributed by atoms with Crippen LogP contribution in [0, 0.1) is 0 Å². The summed E-state index contributed by atoms with van der Waals surface area (Å²) in [4.78, 5) is 26.1. The summed E-state index contributed by atoms with van der Waals surface area (Å²) in [6.07, 6.45) is 3.82. The van der Waals surface area contributed by atoms with Crippen LogP contribution in [0.4, 0.5) is 5.95 Å². The maximum Gasteiger partial charge on any atom is 0.341 e. The van der Waals surface area contributed by atoms with E-state index in [2.05, 4.69) is 38.1 Å². The highest BCUT2D eigenvalue weighted by atomic mass is 32.2. The summed E-state index contributed by atoms with van der Waals surface area (Å²) in [6.45, 7) is 1.80. The molecule has 0 bridgehead atoms. The molecule has 3 heterocycles. The summed E-state index contributed by atoms with van der Waals surface area (Å²) in [5, 5.41) is 1.15. The number of H-pyrrole nitrogens is 1. The van der Waals surface area contributed by atoms with E-state index in [1.54, 1.807) is 7.05 Å². The van der Waals surface area contributed by atoms with Crippen LogP contribution in [0.3, 0.4) is 0 Å². The van der Waals surface area contributed by atoms with Crippen LogP contribution < -0.4 is 4.90 Å². The van der Waals surface area contributed by atoms with Gasteiger partial charge in [0, 0.05) is 67.7 Å². The van der Waals surface area contributed by atoms with Crippen molar-refractivity contribution in [1.82, 2.24) is 19.3 Å². The van der Waals surface area contributed by atoms with Gasteiger partial charge >= 0.3 is 5.97 Å². The number of hydrogen-bond acceptors (Lipinski definition) is 6. The highest BCUT2D eigenvalue weighted by Gasteiger charge is 2.23. The molecule has 0 amide bonds. The molecular formula is C25H25N5O4S. The Morgan fingerprint density at radius 1 is 1.20 bits per heavy atom. The van der Waals surface area contributed by atoms with E-state index in [-0.39, 0.29) is 0 Å². The average molecular weight is 492 g/mol. The zero-order valence-electron chi connectivity index (χ0n) is 19.4. The van der Waals surface area contributed by atoms with Gasteiger partial charge in [-0.15, -0.1) is 0 Å². The molecular weight excluding hydrogens is 466 g/mol. The third kappa shape index (κ3) is 4.68. The van der Waals surface area contributed by atoms with E-state index in [4.69, 9.17) is 4.74 Å². The number of methoxy groups -OCH3 is 1. The summed E-state index contributed by atoms with van der Waals surface area (Å²) in [5.41, 5.74) is 6.90. The lowest BCUT2D eigenvalue weighted by Crippen LogP contribution is -2.31. The topological polar surface area (TPSA) is 112 Å². The number of aromatic nitrogens is 3. The van der Waals surface area contributed by atoms with Gasteiger partial charge in [-0.05, 0) is 34.9 Å². The second kappa shape index (κ2) is 9.57. The SMILES string of the molecule is COC(=O)c1cnc(N2CCc3[nH]c4ccc(-c5cccc(CN(C)S(=O)O)c5)cc4c3C2)nc1. The number of nitrogens with zero attached hydrogens (tertiary/aromatic N) is 4. The fourth-order valence-corrected chi connectivity index (χ4v) is 4.69. The van der Waals surface area contributed by atoms with Crippen LogP contribution in [0.25, 0.3) is 22.0 Å². The Morgan fingerprint density at radius 3 is 2.71 bits per heavy atom. The quantitative estimate of drug-likeness (QED) is 0.313. The van der Waals surface area contributed by atoms with Gasteiger partial charge in [-0.1, -0.05) is 24.3 Å². The molecule has 2 aromatic carbocycles. The molecule has 0 saturated heterocycles. The minimum atomic E-state index is -2.01. The Kier molecular flexibility index (Phi) is 6.33. The molecule has 4 aromatic rings. The van der Waals surface area contributed by atoms with Crippen molar-refractivity contribution in [3.05, 3.63) is 77.2 Å². The Bertz CT molecular complexity index is 1420. The van der Waals surface area contributed by atoms with Crippen LogP contribution in [0.1, 0.15) is 27.2 Å². The summed E-state index contributed by atoms with van der Waals surface area (Å²) < 4.78 is 26.7. The third-order valence-corrected chi connectivity index (χ3v) is 6.91. The predicted molar refractivity (Wildman–Crippen MR) is 134 cm³/mol. The molecule has 35 heavy (non-hydrogen) atoms. The van der Waals surface area contributed by atoms with Crippen molar-refractivity contribution in [2.45, 2.75) is 19.5 Å². The lowest BCUT2D eigenvalue weighted by Gasteiger charge is -2.27. The van der Waals surface area contributed by atoms with Gasteiger partial charge in [0.1, 0.15) is 0 Å². The van der Waals surface area contributed by atoms with Crippen molar-refractivity contribution >= 4 is 34.1 Å². The standard InChI is InChI=1S/C25H25N5O4S/c1-29(35(32)33)14-16-4-3-5-17(10-16)18-6-7-22-20(11-18)21-15-30(9-8-23(21)28-22)25-26-12-19(13-27-25)24(31)34-2/h3-7,10-13,28H,8-9,14-15H2,1-2H3,(H,32,33). The number of aromatic amines is 1. The van der Waals surface area contributed by atoms with Crippen LogP contribution in [0.15, 0.2) is 54.9 Å². The molecule has 0 spiro atoms. The van der Waals surface area contributed by atoms with Gasteiger partial charge in [-0.3, -0.25) is 4.55 Å². The maximum atomic E-state index is 11.7. The van der Waals surface area contributed by atoms with E-state index in [0.717, 1.165) is 40.6 Å². The van der Waals surface area contributed by atoms with Gasteiger partial charge in [0.05, 0.1) is 12.7 Å². The Morgan fingerprint density at radius 2 is 1.97 bits per heavy atom. The molecule has 1 aliphatic rings. The lowest BCUT2D eigenvalue weighted by molar-refractivity contribution is 0.0599. The molecule has 180 valence electrons. The largest absolute Gasteiger partial charge is 0.465 e. The van der Waals surface area contributed by atoms with Crippen molar-refractivity contribution in [1.29, 1.82) is 0 Å². The van der Waals surface area contributed by atoms with E-state index >= 15 is 0 Å². The first-order valence-electron chi connectivity index (χ1n) is 11.1. The zero-order chi connectivity index (χ0) is 24.5. The number of esters is 1. The predicted octanol–water partition coefficient (Wildman–Crippen LogP) is 3.54. The summed E-state index contributed by atoms with van der Waals surface area (Å²) in [6, 6.07) is 14.4. The van der Waals surface area contributed by atoms with Crippen molar-refractivity contribution in [3.8, 4) is 11.1 Å². The number of nitrogens with one attached hydrogen (secondary N) is 1. The second-order valence-corrected chi connectivity index (χ2v) is 9.58. The number of ether oxygens (including phenoxy) is 1. The highest BCUT2D eigenvalue weighted by Crippen LogP contribution is 2.32. The monoisotopic (exact) mass is 491 g/mol. The smallest absolute Gasteiger partial charge is 0.341 e. The van der Waals surface area contributed by atoms with Gasteiger partial charge in [0.15, 0.2) is 0 Å². The first kappa shape index (κ1) is 23.2. The highest BCUT2D eigenvalue weighted by molar-refractivity contribution is 7.76. The van der Waals surface area contributed by atoms with Gasteiger partial charge in [-0.2, -0.15) is 4.31 Å². The molecule has 0 radical (unpaired) electrons. The van der Waals surface area contributed by atoms with Gasteiger partial charge in [-0.25, -0.2) is 19.0 Å². The molecule has 9 nitrogen and oxygen atoms in total. The minimum Gasteiger partial charge on any atom is -0.465 e. The third-order valence-electron chi connectivity index (χ3n) is 6.25. The first-order chi connectivity index (χ1) is 16.9. The summed E-state index contributed by atoms with van der Waals surface area (Å²) in [5.74, 6) is 0.119. The van der Waals surface area contributed by atoms with Crippen molar-refractivity contribution in [2.24, 2.45) is 0 Å². The van der Waals surface area contributed by atoms with Gasteiger partial charge < -0.3 is 14.6 Å². The molecule has 1 unspecified atom stereocenters. The average Bonchev–Trinajstić information content (AvgIpc) is 3.25. The fourth-order valence-electron chi connectivity index (χ4n) is 4.43. The number of anilines is 1.